The van der Waals surface area contributed by atoms with E-state index in [9.17, 15) is 4.79 Å². The van der Waals surface area contributed by atoms with Crippen LogP contribution >= 0.6 is 11.8 Å². The first-order chi connectivity index (χ1) is 8.29. The summed E-state index contributed by atoms with van der Waals surface area (Å²) in [5.41, 5.74) is 0.875. The molecule has 1 aromatic carbocycles. The van der Waals surface area contributed by atoms with Gasteiger partial charge in [0, 0.05) is 10.6 Å². The van der Waals surface area contributed by atoms with E-state index in [0.29, 0.717) is 0 Å². The SMILES string of the molecule is CSc1ccc(NC(=O)[C@@H]2CCCCN2)cc1. The lowest BCUT2D eigenvalue weighted by molar-refractivity contribution is -0.118. The molecule has 0 aromatic heterocycles. The average molecular weight is 250 g/mol. The standard InChI is InChI=1S/C13H18N2OS/c1-17-11-7-5-10(6-8-11)15-13(16)12-4-2-3-9-14-12/h5-8,12,14H,2-4,9H2,1H3,(H,15,16)/t12-/m0/s1. The molecule has 2 N–H and O–H groups in total. The van der Waals surface area contributed by atoms with Crippen molar-refractivity contribution < 1.29 is 4.79 Å². The molecule has 3 nitrogen and oxygen atoms in total. The Balaban J connectivity index is 1.92. The van der Waals surface area contributed by atoms with Crippen LogP contribution in [-0.4, -0.2) is 24.7 Å². The van der Waals surface area contributed by atoms with E-state index < -0.39 is 0 Å². The summed E-state index contributed by atoms with van der Waals surface area (Å²) in [6.07, 6.45) is 5.29. The average Bonchev–Trinajstić information content (AvgIpc) is 2.40. The molecular weight excluding hydrogens is 232 g/mol. The lowest BCUT2D eigenvalue weighted by atomic mass is 10.0. The summed E-state index contributed by atoms with van der Waals surface area (Å²) in [6.45, 7) is 0.948. The summed E-state index contributed by atoms with van der Waals surface area (Å²) in [6, 6.07) is 7.92. The van der Waals surface area contributed by atoms with Crippen molar-refractivity contribution in [3.63, 3.8) is 0 Å². The van der Waals surface area contributed by atoms with Crippen LogP contribution in [0.5, 0.6) is 0 Å². The van der Waals surface area contributed by atoms with Gasteiger partial charge in [-0.1, -0.05) is 6.42 Å². The van der Waals surface area contributed by atoms with E-state index in [0.717, 1.165) is 25.1 Å². The number of nitrogens with one attached hydrogen (secondary N) is 2. The second-order valence-electron chi connectivity index (χ2n) is 4.22. The normalized spacial score (nSPS) is 19.9. The third-order valence-corrected chi connectivity index (χ3v) is 3.73. The van der Waals surface area contributed by atoms with E-state index in [4.69, 9.17) is 0 Å². The van der Waals surface area contributed by atoms with E-state index in [2.05, 4.69) is 10.6 Å². The first-order valence-corrected chi connectivity index (χ1v) is 7.20. The number of carbonyl (C=O) groups excluding carboxylic acids is 1. The number of hydrogen-bond acceptors (Lipinski definition) is 3. The van der Waals surface area contributed by atoms with E-state index in [1.165, 1.54) is 11.3 Å². The summed E-state index contributed by atoms with van der Waals surface area (Å²) in [4.78, 5) is 13.2. The van der Waals surface area contributed by atoms with Crippen molar-refractivity contribution >= 4 is 23.4 Å². The molecule has 4 heteroatoms. The number of benzene rings is 1. The molecule has 0 radical (unpaired) electrons. The number of thioether (sulfide) groups is 1. The highest BCUT2D eigenvalue weighted by Gasteiger charge is 2.20. The van der Waals surface area contributed by atoms with Crippen molar-refractivity contribution in [2.24, 2.45) is 0 Å². The maximum atomic E-state index is 11.9. The molecular formula is C13H18N2OS. The molecule has 2 rings (SSSR count). The first-order valence-electron chi connectivity index (χ1n) is 5.98. The van der Waals surface area contributed by atoms with Crippen LogP contribution in [0.1, 0.15) is 19.3 Å². The molecule has 1 amide bonds. The van der Waals surface area contributed by atoms with Crippen molar-refractivity contribution in [3.05, 3.63) is 24.3 Å². The van der Waals surface area contributed by atoms with Gasteiger partial charge in [-0.2, -0.15) is 0 Å². The molecule has 92 valence electrons. The molecule has 0 spiro atoms. The fraction of sp³-hybridized carbons (Fsp3) is 0.462. The van der Waals surface area contributed by atoms with Crippen LogP contribution in [0.2, 0.25) is 0 Å². The molecule has 0 aliphatic carbocycles. The van der Waals surface area contributed by atoms with Crippen LogP contribution in [0.25, 0.3) is 0 Å². The monoisotopic (exact) mass is 250 g/mol. The maximum Gasteiger partial charge on any atom is 0.241 e. The summed E-state index contributed by atoms with van der Waals surface area (Å²) in [5, 5.41) is 6.20. The second-order valence-corrected chi connectivity index (χ2v) is 5.10. The summed E-state index contributed by atoms with van der Waals surface area (Å²) in [7, 11) is 0. The van der Waals surface area contributed by atoms with Gasteiger partial charge in [-0.15, -0.1) is 11.8 Å². The third kappa shape index (κ3) is 3.48. The highest BCUT2D eigenvalue weighted by atomic mass is 32.2. The zero-order valence-corrected chi connectivity index (χ0v) is 10.8. The van der Waals surface area contributed by atoms with Crippen LogP contribution in [-0.2, 0) is 4.79 Å². The molecule has 0 unspecified atom stereocenters. The van der Waals surface area contributed by atoms with Gasteiger partial charge in [0.2, 0.25) is 5.91 Å². The van der Waals surface area contributed by atoms with E-state index >= 15 is 0 Å². The third-order valence-electron chi connectivity index (χ3n) is 2.98. The van der Waals surface area contributed by atoms with Crippen molar-refractivity contribution in [2.45, 2.75) is 30.2 Å². The highest BCUT2D eigenvalue weighted by Crippen LogP contribution is 2.18. The molecule has 1 aliphatic heterocycles. The number of piperidine rings is 1. The molecule has 1 aliphatic rings. The molecule has 1 saturated heterocycles. The van der Waals surface area contributed by atoms with Gasteiger partial charge in [-0.25, -0.2) is 0 Å². The van der Waals surface area contributed by atoms with E-state index in [1.54, 1.807) is 11.8 Å². The Kier molecular flexibility index (Phi) is 4.45. The fourth-order valence-electron chi connectivity index (χ4n) is 1.98. The van der Waals surface area contributed by atoms with E-state index in [-0.39, 0.29) is 11.9 Å². The van der Waals surface area contributed by atoms with Gasteiger partial charge in [0.25, 0.3) is 0 Å². The number of rotatable bonds is 3. The van der Waals surface area contributed by atoms with Gasteiger partial charge in [-0.3, -0.25) is 4.79 Å². The molecule has 1 fully saturated rings. The van der Waals surface area contributed by atoms with Gasteiger partial charge in [0.1, 0.15) is 0 Å². The topological polar surface area (TPSA) is 41.1 Å². The van der Waals surface area contributed by atoms with Crippen molar-refractivity contribution in [2.75, 3.05) is 18.1 Å². The van der Waals surface area contributed by atoms with Gasteiger partial charge in [0.05, 0.1) is 6.04 Å². The van der Waals surface area contributed by atoms with Crippen LogP contribution in [0.15, 0.2) is 29.2 Å². The Morgan fingerprint density at radius 2 is 2.12 bits per heavy atom. The number of anilines is 1. The van der Waals surface area contributed by atoms with Crippen LogP contribution in [0.3, 0.4) is 0 Å². The zero-order chi connectivity index (χ0) is 12.1. The van der Waals surface area contributed by atoms with Crippen molar-refractivity contribution in [3.8, 4) is 0 Å². The minimum absolute atomic E-state index is 0.0241. The predicted octanol–water partition coefficient (Wildman–Crippen LogP) is 2.49. The molecule has 1 heterocycles. The number of carbonyl (C=O) groups is 1. The van der Waals surface area contributed by atoms with Crippen molar-refractivity contribution in [1.82, 2.24) is 5.32 Å². The minimum atomic E-state index is -0.0241. The second kappa shape index (κ2) is 6.07. The molecule has 1 aromatic rings. The Bertz CT molecular complexity index is 372. The number of amides is 1. The lowest BCUT2D eigenvalue weighted by Crippen LogP contribution is -2.43. The first kappa shape index (κ1) is 12.5. The zero-order valence-electron chi connectivity index (χ0n) is 10.0. The van der Waals surface area contributed by atoms with Gasteiger partial charge in [0.15, 0.2) is 0 Å². The summed E-state index contributed by atoms with van der Waals surface area (Å²) >= 11 is 1.70. The number of hydrogen-bond donors (Lipinski definition) is 2. The Hall–Kier alpha value is -1.00. The smallest absolute Gasteiger partial charge is 0.241 e. The highest BCUT2D eigenvalue weighted by molar-refractivity contribution is 7.98. The van der Waals surface area contributed by atoms with Gasteiger partial charge in [-0.05, 0) is 49.9 Å². The Morgan fingerprint density at radius 3 is 2.71 bits per heavy atom. The Morgan fingerprint density at radius 1 is 1.35 bits per heavy atom. The molecule has 0 saturated carbocycles. The van der Waals surface area contributed by atoms with Crippen LogP contribution in [0, 0.1) is 0 Å². The van der Waals surface area contributed by atoms with Crippen LogP contribution < -0.4 is 10.6 Å². The van der Waals surface area contributed by atoms with Crippen molar-refractivity contribution in [1.29, 1.82) is 0 Å². The summed E-state index contributed by atoms with van der Waals surface area (Å²) in [5.74, 6) is 0.0848. The lowest BCUT2D eigenvalue weighted by Gasteiger charge is -2.22. The quantitative estimate of drug-likeness (QED) is 0.810. The summed E-state index contributed by atoms with van der Waals surface area (Å²) < 4.78 is 0. The maximum absolute atomic E-state index is 11.9. The molecule has 0 bridgehead atoms. The molecule has 17 heavy (non-hydrogen) atoms. The predicted molar refractivity (Wildman–Crippen MR) is 72.5 cm³/mol. The molecule has 1 atom stereocenters. The largest absolute Gasteiger partial charge is 0.325 e. The van der Waals surface area contributed by atoms with E-state index in [1.807, 2.05) is 30.5 Å². The Labute approximate surface area is 106 Å². The fourth-order valence-corrected chi connectivity index (χ4v) is 2.39. The van der Waals surface area contributed by atoms with Gasteiger partial charge < -0.3 is 10.6 Å². The van der Waals surface area contributed by atoms with Gasteiger partial charge >= 0.3 is 0 Å². The minimum Gasteiger partial charge on any atom is -0.325 e. The van der Waals surface area contributed by atoms with Crippen LogP contribution in [0.4, 0.5) is 5.69 Å².